The lowest BCUT2D eigenvalue weighted by atomic mass is 10.2. The first-order valence-electron chi connectivity index (χ1n) is 9.91. The van der Waals surface area contributed by atoms with Gasteiger partial charge < -0.3 is 20.1 Å². The van der Waals surface area contributed by atoms with Gasteiger partial charge in [0.2, 0.25) is 11.9 Å². The van der Waals surface area contributed by atoms with Crippen molar-refractivity contribution >= 4 is 17.5 Å². The number of H-pyrrole nitrogens is 1. The van der Waals surface area contributed by atoms with Gasteiger partial charge in [-0.1, -0.05) is 0 Å². The van der Waals surface area contributed by atoms with Crippen molar-refractivity contribution in [1.82, 2.24) is 19.9 Å². The molecule has 2 N–H and O–H groups in total. The van der Waals surface area contributed by atoms with E-state index in [1.807, 2.05) is 4.98 Å². The molecule has 8 nitrogen and oxygen atoms in total. The van der Waals surface area contributed by atoms with Gasteiger partial charge in [-0.15, -0.1) is 0 Å². The fourth-order valence-electron chi connectivity index (χ4n) is 3.21. The van der Waals surface area contributed by atoms with Gasteiger partial charge in [-0.05, 0) is 12.5 Å². The fourth-order valence-corrected chi connectivity index (χ4v) is 3.21. The van der Waals surface area contributed by atoms with Crippen LogP contribution in [-0.2, 0) is 17.1 Å². The maximum absolute atomic E-state index is 12.8. The highest BCUT2D eigenvalue weighted by Gasteiger charge is 2.34. The largest absolute Gasteiger partial charge is 0.421 e. The van der Waals surface area contributed by atoms with E-state index in [1.54, 1.807) is 9.80 Å². The number of nitrogens with zero attached hydrogens (tertiary/aromatic N) is 4. The van der Waals surface area contributed by atoms with E-state index in [0.29, 0.717) is 51.1 Å². The van der Waals surface area contributed by atoms with Crippen molar-refractivity contribution in [3.63, 3.8) is 0 Å². The van der Waals surface area contributed by atoms with E-state index in [9.17, 15) is 35.9 Å². The Balaban J connectivity index is 1.42. The first-order chi connectivity index (χ1) is 15.4. The van der Waals surface area contributed by atoms with Crippen molar-refractivity contribution in [2.75, 3.05) is 42.9 Å². The number of nitrogens with one attached hydrogen (secondary N) is 2. The van der Waals surface area contributed by atoms with E-state index >= 15 is 0 Å². The first kappa shape index (κ1) is 24.3. The lowest BCUT2D eigenvalue weighted by Crippen LogP contribution is -2.49. The molecule has 0 aliphatic carbocycles. The molecule has 0 saturated carbocycles. The minimum absolute atomic E-state index is 0.0829. The molecule has 33 heavy (non-hydrogen) atoms. The lowest BCUT2D eigenvalue weighted by Gasteiger charge is -2.34. The summed E-state index contributed by atoms with van der Waals surface area (Å²) in [5, 5.41) is 2.74. The van der Waals surface area contributed by atoms with Gasteiger partial charge in [0.1, 0.15) is 5.56 Å². The third-order valence-electron chi connectivity index (χ3n) is 4.99. The number of hydrogen-bond donors (Lipinski definition) is 2. The van der Waals surface area contributed by atoms with Gasteiger partial charge in [0.05, 0.1) is 11.3 Å². The van der Waals surface area contributed by atoms with Crippen molar-refractivity contribution in [2.45, 2.75) is 25.2 Å². The summed E-state index contributed by atoms with van der Waals surface area (Å²) in [7, 11) is 0. The number of carbonyl (C=O) groups excluding carboxylic acids is 1. The fraction of sp³-hybridized carbons (Fsp3) is 0.474. The van der Waals surface area contributed by atoms with Crippen LogP contribution in [0.4, 0.5) is 38.0 Å². The standard InChI is InChI=1S/C19H20F6N6O2/c20-18(21,22)12-9-28-17(29-10-12)31-6-4-30(5-7-31)15(32)2-1-3-26-13-8-14(19(23,24)25)16(33)27-11-13/h8-11,26H,1-7H2,(H,27,33). The smallest absolute Gasteiger partial charge is 0.384 e. The van der Waals surface area contributed by atoms with Crippen LogP contribution in [-0.4, -0.2) is 58.5 Å². The van der Waals surface area contributed by atoms with Crippen LogP contribution in [0, 0.1) is 0 Å². The number of anilines is 2. The molecular weight excluding hydrogens is 458 g/mol. The van der Waals surface area contributed by atoms with Gasteiger partial charge in [-0.3, -0.25) is 9.59 Å². The molecule has 0 atom stereocenters. The summed E-state index contributed by atoms with van der Waals surface area (Å²) in [6.07, 6.45) is -6.23. The molecule has 14 heteroatoms. The third kappa shape index (κ3) is 6.35. The number of aromatic nitrogens is 3. The summed E-state index contributed by atoms with van der Waals surface area (Å²) < 4.78 is 76.1. The Kier molecular flexibility index (Phi) is 7.12. The van der Waals surface area contributed by atoms with Crippen molar-refractivity contribution in [3.05, 3.63) is 46.1 Å². The average molecular weight is 478 g/mol. The van der Waals surface area contributed by atoms with Crippen LogP contribution < -0.4 is 15.8 Å². The molecule has 1 amide bonds. The molecule has 2 aromatic rings. The average Bonchev–Trinajstić information content (AvgIpc) is 2.76. The van der Waals surface area contributed by atoms with E-state index in [1.165, 1.54) is 0 Å². The predicted octanol–water partition coefficient (Wildman–Crippen LogP) is 2.74. The van der Waals surface area contributed by atoms with E-state index in [4.69, 9.17) is 0 Å². The molecule has 3 heterocycles. The Bertz CT molecular complexity index is 1010. The van der Waals surface area contributed by atoms with Gasteiger partial charge in [0.25, 0.3) is 5.56 Å². The topological polar surface area (TPSA) is 94.2 Å². The van der Waals surface area contributed by atoms with Gasteiger partial charge in [0, 0.05) is 57.7 Å². The molecule has 0 spiro atoms. The van der Waals surface area contributed by atoms with Crippen molar-refractivity contribution < 1.29 is 31.1 Å². The molecule has 1 aliphatic rings. The molecule has 0 unspecified atom stereocenters. The second kappa shape index (κ2) is 9.67. The highest BCUT2D eigenvalue weighted by molar-refractivity contribution is 5.76. The maximum Gasteiger partial charge on any atom is 0.421 e. The summed E-state index contributed by atoms with van der Waals surface area (Å²) in [4.78, 5) is 36.4. The minimum Gasteiger partial charge on any atom is -0.384 e. The first-order valence-corrected chi connectivity index (χ1v) is 9.91. The molecule has 1 fully saturated rings. The zero-order chi connectivity index (χ0) is 24.2. The Morgan fingerprint density at radius 1 is 1.03 bits per heavy atom. The van der Waals surface area contributed by atoms with Crippen LogP contribution in [0.3, 0.4) is 0 Å². The van der Waals surface area contributed by atoms with E-state index < -0.39 is 29.0 Å². The Morgan fingerprint density at radius 3 is 2.24 bits per heavy atom. The predicted molar refractivity (Wildman–Crippen MR) is 106 cm³/mol. The molecule has 180 valence electrons. The number of rotatable bonds is 6. The number of pyridine rings is 1. The van der Waals surface area contributed by atoms with Crippen LogP contribution in [0.2, 0.25) is 0 Å². The minimum atomic E-state index is -4.77. The number of hydrogen-bond acceptors (Lipinski definition) is 6. The van der Waals surface area contributed by atoms with Crippen LogP contribution >= 0.6 is 0 Å². The number of aromatic amines is 1. The van der Waals surface area contributed by atoms with E-state index in [2.05, 4.69) is 15.3 Å². The SMILES string of the molecule is O=C(CCCNc1c[nH]c(=O)c(C(F)(F)F)c1)N1CCN(c2ncc(C(F)(F)F)cn2)CC1. The molecule has 1 aliphatic heterocycles. The zero-order valence-electron chi connectivity index (χ0n) is 17.1. The summed E-state index contributed by atoms with van der Waals surface area (Å²) in [6, 6.07) is 0.712. The Hall–Kier alpha value is -3.32. The highest BCUT2D eigenvalue weighted by atomic mass is 19.4. The zero-order valence-corrected chi connectivity index (χ0v) is 17.1. The molecule has 1 saturated heterocycles. The highest BCUT2D eigenvalue weighted by Crippen LogP contribution is 2.29. The third-order valence-corrected chi connectivity index (χ3v) is 4.99. The van der Waals surface area contributed by atoms with Crippen LogP contribution in [0.25, 0.3) is 0 Å². The van der Waals surface area contributed by atoms with Gasteiger partial charge in [-0.25, -0.2) is 9.97 Å². The number of amides is 1. The molecule has 0 radical (unpaired) electrons. The molecule has 2 aromatic heterocycles. The maximum atomic E-state index is 12.8. The second-order valence-corrected chi connectivity index (χ2v) is 7.30. The number of carbonyl (C=O) groups is 1. The summed E-state index contributed by atoms with van der Waals surface area (Å²) in [5.41, 5.74) is -3.40. The Morgan fingerprint density at radius 2 is 1.67 bits per heavy atom. The second-order valence-electron chi connectivity index (χ2n) is 7.30. The molecule has 3 rings (SSSR count). The van der Waals surface area contributed by atoms with E-state index in [0.717, 1.165) is 6.20 Å². The van der Waals surface area contributed by atoms with Crippen LogP contribution in [0.5, 0.6) is 0 Å². The van der Waals surface area contributed by atoms with Crippen LogP contribution in [0.1, 0.15) is 24.0 Å². The van der Waals surface area contributed by atoms with Crippen LogP contribution in [0.15, 0.2) is 29.5 Å². The molecule has 0 bridgehead atoms. The number of piperazine rings is 1. The quantitative estimate of drug-likeness (QED) is 0.490. The normalized spacial score (nSPS) is 15.0. The van der Waals surface area contributed by atoms with Crippen molar-refractivity contribution in [3.8, 4) is 0 Å². The summed E-state index contributed by atoms with van der Waals surface area (Å²) in [5.74, 6) is 0.000615. The monoisotopic (exact) mass is 478 g/mol. The van der Waals surface area contributed by atoms with Gasteiger partial charge >= 0.3 is 12.4 Å². The van der Waals surface area contributed by atoms with Crippen molar-refractivity contribution in [2.24, 2.45) is 0 Å². The lowest BCUT2D eigenvalue weighted by molar-refractivity contribution is -0.139. The van der Waals surface area contributed by atoms with Gasteiger partial charge in [0.15, 0.2) is 0 Å². The summed E-state index contributed by atoms with van der Waals surface area (Å²) in [6.45, 7) is 1.60. The Labute approximate surface area is 183 Å². The van der Waals surface area contributed by atoms with Crippen molar-refractivity contribution in [1.29, 1.82) is 0 Å². The number of alkyl halides is 6. The molecular formula is C19H20F6N6O2. The van der Waals surface area contributed by atoms with Gasteiger partial charge in [-0.2, -0.15) is 26.3 Å². The molecule has 0 aromatic carbocycles. The van der Waals surface area contributed by atoms with E-state index in [-0.39, 0.29) is 30.5 Å². The number of halogens is 6. The summed E-state index contributed by atoms with van der Waals surface area (Å²) >= 11 is 0.